The maximum atomic E-state index is 6.00. The van der Waals surface area contributed by atoms with Gasteiger partial charge in [-0.25, -0.2) is 0 Å². The molecule has 68 valence electrons. The van der Waals surface area contributed by atoms with Crippen LogP contribution in [0, 0.1) is 0 Å². The van der Waals surface area contributed by atoms with Gasteiger partial charge in [0, 0.05) is 19.0 Å². The highest BCUT2D eigenvalue weighted by Gasteiger charge is 2.18. The molecule has 0 bridgehead atoms. The van der Waals surface area contributed by atoms with Gasteiger partial charge in [0.1, 0.15) is 12.2 Å². The zero-order valence-corrected chi connectivity index (χ0v) is 7.91. The van der Waals surface area contributed by atoms with E-state index >= 15 is 0 Å². The number of aromatic nitrogens is 3. The van der Waals surface area contributed by atoms with Gasteiger partial charge in [-0.3, -0.25) is 0 Å². The van der Waals surface area contributed by atoms with Crippen molar-refractivity contribution in [2.24, 2.45) is 12.8 Å². The van der Waals surface area contributed by atoms with Gasteiger partial charge >= 0.3 is 0 Å². The number of aryl methyl sites for hydroxylation is 1. The molecule has 0 saturated heterocycles. The molecule has 0 aromatic carbocycles. The first-order valence-corrected chi connectivity index (χ1v) is 4.17. The summed E-state index contributed by atoms with van der Waals surface area (Å²) in [5.74, 6) is 0.946. The second kappa shape index (κ2) is 3.23. The van der Waals surface area contributed by atoms with Crippen molar-refractivity contribution in [2.75, 3.05) is 0 Å². The molecule has 0 spiro atoms. The fourth-order valence-corrected chi connectivity index (χ4v) is 0.953. The van der Waals surface area contributed by atoms with Crippen LogP contribution in [0.1, 0.15) is 26.1 Å². The van der Waals surface area contributed by atoms with E-state index in [1.807, 2.05) is 18.5 Å². The Balaban J connectivity index is 2.70. The lowest BCUT2D eigenvalue weighted by Gasteiger charge is -2.21. The first-order valence-electron chi connectivity index (χ1n) is 4.17. The Hall–Kier alpha value is -0.900. The van der Waals surface area contributed by atoms with Crippen LogP contribution in [-0.4, -0.2) is 20.3 Å². The Morgan fingerprint density at radius 1 is 1.67 bits per heavy atom. The smallest absolute Gasteiger partial charge is 0.134 e. The fraction of sp³-hybridized carbons (Fsp3) is 0.750. The zero-order chi connectivity index (χ0) is 9.19. The van der Waals surface area contributed by atoms with E-state index in [2.05, 4.69) is 17.1 Å². The number of nitrogens with two attached hydrogens (primary N) is 1. The fourth-order valence-electron chi connectivity index (χ4n) is 0.953. The second-order valence-electron chi connectivity index (χ2n) is 3.54. The van der Waals surface area contributed by atoms with Crippen molar-refractivity contribution < 1.29 is 0 Å². The van der Waals surface area contributed by atoms with Crippen molar-refractivity contribution in [3.8, 4) is 0 Å². The molecule has 0 saturated carbocycles. The Morgan fingerprint density at radius 2 is 2.33 bits per heavy atom. The first kappa shape index (κ1) is 9.19. The van der Waals surface area contributed by atoms with E-state index in [0.717, 1.165) is 18.7 Å². The van der Waals surface area contributed by atoms with Crippen LogP contribution in [0.3, 0.4) is 0 Å². The second-order valence-corrected chi connectivity index (χ2v) is 3.54. The minimum Gasteiger partial charge on any atom is -0.325 e. The summed E-state index contributed by atoms with van der Waals surface area (Å²) in [6.07, 6.45) is 3.42. The summed E-state index contributed by atoms with van der Waals surface area (Å²) in [5.41, 5.74) is 5.83. The number of rotatable bonds is 3. The molecule has 1 unspecified atom stereocenters. The van der Waals surface area contributed by atoms with Gasteiger partial charge in [-0.05, 0) is 13.3 Å². The monoisotopic (exact) mass is 168 g/mol. The van der Waals surface area contributed by atoms with Crippen LogP contribution in [-0.2, 0) is 13.5 Å². The lowest BCUT2D eigenvalue weighted by molar-refractivity contribution is 0.433. The van der Waals surface area contributed by atoms with E-state index in [-0.39, 0.29) is 5.54 Å². The van der Waals surface area contributed by atoms with Crippen molar-refractivity contribution >= 4 is 0 Å². The normalized spacial score (nSPS) is 16.0. The number of nitrogens with zero attached hydrogens (tertiary/aromatic N) is 3. The maximum Gasteiger partial charge on any atom is 0.134 e. The largest absolute Gasteiger partial charge is 0.325 e. The summed E-state index contributed by atoms with van der Waals surface area (Å²) in [7, 11) is 1.93. The highest BCUT2D eigenvalue weighted by atomic mass is 15.2. The van der Waals surface area contributed by atoms with Gasteiger partial charge in [-0.15, -0.1) is 10.2 Å². The molecule has 0 amide bonds. The van der Waals surface area contributed by atoms with Crippen LogP contribution in [0.25, 0.3) is 0 Å². The molecular weight excluding hydrogens is 152 g/mol. The Labute approximate surface area is 72.8 Å². The van der Waals surface area contributed by atoms with Crippen LogP contribution in [0.5, 0.6) is 0 Å². The molecule has 12 heavy (non-hydrogen) atoms. The third-order valence-electron chi connectivity index (χ3n) is 2.17. The van der Waals surface area contributed by atoms with Gasteiger partial charge in [0.2, 0.25) is 0 Å². The van der Waals surface area contributed by atoms with Gasteiger partial charge in [-0.2, -0.15) is 0 Å². The molecule has 1 aromatic rings. The minimum atomic E-state index is -0.166. The summed E-state index contributed by atoms with van der Waals surface area (Å²) in [5, 5.41) is 7.78. The van der Waals surface area contributed by atoms with E-state index in [1.54, 1.807) is 6.33 Å². The van der Waals surface area contributed by atoms with Crippen molar-refractivity contribution in [1.29, 1.82) is 0 Å². The van der Waals surface area contributed by atoms with E-state index in [0.29, 0.717) is 0 Å². The molecule has 1 aromatic heterocycles. The highest BCUT2D eigenvalue weighted by Crippen LogP contribution is 2.10. The average molecular weight is 168 g/mol. The molecular formula is C8H16N4. The topological polar surface area (TPSA) is 56.7 Å². The minimum absolute atomic E-state index is 0.166. The predicted octanol–water partition coefficient (Wildman–Crippen LogP) is 0.485. The van der Waals surface area contributed by atoms with Gasteiger partial charge in [-0.1, -0.05) is 6.92 Å². The first-order chi connectivity index (χ1) is 5.55. The van der Waals surface area contributed by atoms with Gasteiger partial charge < -0.3 is 10.3 Å². The number of hydrogen-bond acceptors (Lipinski definition) is 3. The molecule has 1 atom stereocenters. The van der Waals surface area contributed by atoms with E-state index < -0.39 is 0 Å². The summed E-state index contributed by atoms with van der Waals surface area (Å²) in [4.78, 5) is 0. The Morgan fingerprint density at radius 3 is 2.75 bits per heavy atom. The van der Waals surface area contributed by atoms with Gasteiger partial charge in [0.15, 0.2) is 0 Å². The molecule has 1 rings (SSSR count). The predicted molar refractivity (Wildman–Crippen MR) is 47.6 cm³/mol. The van der Waals surface area contributed by atoms with Crippen molar-refractivity contribution in [3.05, 3.63) is 12.2 Å². The highest BCUT2D eigenvalue weighted by molar-refractivity contribution is 4.94. The Bertz CT molecular complexity index is 251. The van der Waals surface area contributed by atoms with Crippen LogP contribution in [0.4, 0.5) is 0 Å². The van der Waals surface area contributed by atoms with Crippen LogP contribution in [0.2, 0.25) is 0 Å². The number of hydrogen-bond donors (Lipinski definition) is 1. The van der Waals surface area contributed by atoms with E-state index in [9.17, 15) is 0 Å². The van der Waals surface area contributed by atoms with Crippen molar-refractivity contribution in [2.45, 2.75) is 32.2 Å². The lowest BCUT2D eigenvalue weighted by Crippen LogP contribution is -2.38. The lowest BCUT2D eigenvalue weighted by atomic mass is 9.96. The molecule has 0 fully saturated rings. The van der Waals surface area contributed by atoms with Crippen LogP contribution >= 0.6 is 0 Å². The Kier molecular flexibility index (Phi) is 2.47. The summed E-state index contributed by atoms with van der Waals surface area (Å²) < 4.78 is 1.90. The summed E-state index contributed by atoms with van der Waals surface area (Å²) in [6.45, 7) is 4.11. The molecule has 0 radical (unpaired) electrons. The molecule has 4 heteroatoms. The summed E-state index contributed by atoms with van der Waals surface area (Å²) >= 11 is 0. The molecule has 4 nitrogen and oxygen atoms in total. The maximum absolute atomic E-state index is 6.00. The van der Waals surface area contributed by atoms with Gasteiger partial charge in [0.05, 0.1) is 0 Å². The van der Waals surface area contributed by atoms with Crippen molar-refractivity contribution in [1.82, 2.24) is 14.8 Å². The SMILES string of the molecule is CCC(C)(N)Cc1nncn1C. The third-order valence-corrected chi connectivity index (χ3v) is 2.17. The zero-order valence-electron chi connectivity index (χ0n) is 7.91. The van der Waals surface area contributed by atoms with E-state index in [1.165, 1.54) is 0 Å². The molecule has 0 aliphatic heterocycles. The third kappa shape index (κ3) is 2.04. The summed E-state index contributed by atoms with van der Waals surface area (Å²) in [6, 6.07) is 0. The van der Waals surface area contributed by atoms with Crippen LogP contribution in [0.15, 0.2) is 6.33 Å². The molecule has 2 N–H and O–H groups in total. The van der Waals surface area contributed by atoms with Crippen LogP contribution < -0.4 is 5.73 Å². The molecule has 0 aliphatic carbocycles. The van der Waals surface area contributed by atoms with Gasteiger partial charge in [0.25, 0.3) is 0 Å². The standard InChI is InChI=1S/C8H16N4/c1-4-8(2,9)5-7-11-10-6-12(7)3/h6H,4-5,9H2,1-3H3. The average Bonchev–Trinajstić information content (AvgIpc) is 2.36. The van der Waals surface area contributed by atoms with Crippen molar-refractivity contribution in [3.63, 3.8) is 0 Å². The molecule has 1 heterocycles. The molecule has 0 aliphatic rings. The van der Waals surface area contributed by atoms with E-state index in [4.69, 9.17) is 5.73 Å². The quantitative estimate of drug-likeness (QED) is 0.714.